The number of thiazole rings is 1. The first-order valence-corrected chi connectivity index (χ1v) is 14.0. The molecule has 4 nitrogen and oxygen atoms in total. The largest absolute Gasteiger partial charge is 0.306 e. The van der Waals surface area contributed by atoms with Crippen molar-refractivity contribution in [2.75, 3.05) is 0 Å². The molecule has 4 bridgehead atoms. The highest BCUT2D eigenvalue weighted by molar-refractivity contribution is 7.98. The molecule has 7 rings (SSSR count). The lowest BCUT2D eigenvalue weighted by atomic mass is 9.49. The monoisotopic (exact) mass is 464 g/mol. The van der Waals surface area contributed by atoms with E-state index in [1.54, 1.807) is 23.1 Å². The molecule has 4 aliphatic carbocycles. The van der Waals surface area contributed by atoms with Crippen LogP contribution in [0.25, 0.3) is 10.6 Å². The van der Waals surface area contributed by atoms with Crippen molar-refractivity contribution in [2.45, 2.75) is 76.2 Å². The van der Waals surface area contributed by atoms with E-state index in [0.717, 1.165) is 52.3 Å². The Bertz CT molecular complexity index is 1080. The van der Waals surface area contributed by atoms with E-state index in [-0.39, 0.29) is 0 Å². The van der Waals surface area contributed by atoms with Gasteiger partial charge < -0.3 is 4.57 Å². The third-order valence-corrected chi connectivity index (χ3v) is 9.91. The molecule has 32 heavy (non-hydrogen) atoms. The van der Waals surface area contributed by atoms with Gasteiger partial charge in [-0.05, 0) is 81.6 Å². The number of aryl methyl sites for hydroxylation is 1. The Labute approximate surface area is 199 Å². The van der Waals surface area contributed by atoms with Gasteiger partial charge in [-0.25, -0.2) is 4.98 Å². The molecule has 4 fully saturated rings. The molecule has 1 aromatic carbocycles. The second-order valence-electron chi connectivity index (χ2n) is 10.5. The number of thioether (sulfide) groups is 1. The van der Waals surface area contributed by atoms with Gasteiger partial charge in [0.25, 0.3) is 0 Å². The molecule has 0 spiro atoms. The molecule has 0 amide bonds. The zero-order valence-corrected chi connectivity index (χ0v) is 20.7. The van der Waals surface area contributed by atoms with Gasteiger partial charge in [0.1, 0.15) is 10.8 Å². The Morgan fingerprint density at radius 2 is 1.84 bits per heavy atom. The summed E-state index contributed by atoms with van der Waals surface area (Å²) in [6.07, 6.45) is 9.92. The third-order valence-electron chi connectivity index (χ3n) is 7.97. The lowest BCUT2D eigenvalue weighted by Crippen LogP contribution is -2.47. The van der Waals surface area contributed by atoms with Gasteiger partial charge in [-0.1, -0.05) is 35.5 Å². The van der Waals surface area contributed by atoms with Crippen molar-refractivity contribution in [3.8, 4) is 10.6 Å². The fourth-order valence-electron chi connectivity index (χ4n) is 7.14. The minimum absolute atomic E-state index is 0.508. The maximum Gasteiger partial charge on any atom is 0.191 e. The molecule has 0 saturated heterocycles. The molecule has 168 valence electrons. The van der Waals surface area contributed by atoms with E-state index >= 15 is 0 Å². The standard InChI is InChI=1S/C26H32N4S2/c1-3-30-23(14-26-11-18-8-19(12-26)10-20(9-18)13-26)28-29-25(30)32-16-22-15-31-24(27-22)21-6-4-5-17(2)7-21/h4-7,15,18-20H,3,8-14,16H2,1-2H3. The first-order chi connectivity index (χ1) is 15.6. The van der Waals surface area contributed by atoms with Crippen molar-refractivity contribution >= 4 is 23.1 Å². The third kappa shape index (κ3) is 3.94. The summed E-state index contributed by atoms with van der Waals surface area (Å²) in [7, 11) is 0. The van der Waals surface area contributed by atoms with Gasteiger partial charge in [0.05, 0.1) is 5.69 Å². The second kappa shape index (κ2) is 8.28. The summed E-state index contributed by atoms with van der Waals surface area (Å²) in [5.41, 5.74) is 4.12. The summed E-state index contributed by atoms with van der Waals surface area (Å²) in [4.78, 5) is 4.89. The molecule has 6 heteroatoms. The molecule has 2 aromatic heterocycles. The fraction of sp³-hybridized carbons (Fsp3) is 0.577. The van der Waals surface area contributed by atoms with Crippen molar-refractivity contribution in [2.24, 2.45) is 23.2 Å². The molecule has 2 heterocycles. The second-order valence-corrected chi connectivity index (χ2v) is 12.3. The van der Waals surface area contributed by atoms with Crippen LogP contribution in [0.3, 0.4) is 0 Å². The van der Waals surface area contributed by atoms with Crippen molar-refractivity contribution in [1.29, 1.82) is 0 Å². The van der Waals surface area contributed by atoms with Gasteiger partial charge in [-0.2, -0.15) is 0 Å². The topological polar surface area (TPSA) is 43.6 Å². The summed E-state index contributed by atoms with van der Waals surface area (Å²) in [5, 5.41) is 13.7. The zero-order chi connectivity index (χ0) is 21.7. The average molecular weight is 465 g/mol. The van der Waals surface area contributed by atoms with Gasteiger partial charge in [0.15, 0.2) is 5.16 Å². The highest BCUT2D eigenvalue weighted by atomic mass is 32.2. The van der Waals surface area contributed by atoms with Crippen LogP contribution < -0.4 is 0 Å². The molecule has 0 N–H and O–H groups in total. The average Bonchev–Trinajstić information content (AvgIpc) is 3.37. The Kier molecular flexibility index (Phi) is 5.41. The highest BCUT2D eigenvalue weighted by Gasteiger charge is 2.51. The van der Waals surface area contributed by atoms with Crippen molar-refractivity contribution in [3.05, 3.63) is 46.7 Å². The van der Waals surface area contributed by atoms with Crippen LogP contribution in [0.2, 0.25) is 0 Å². The van der Waals surface area contributed by atoms with Gasteiger partial charge in [-0.15, -0.1) is 21.5 Å². The maximum atomic E-state index is 4.89. The van der Waals surface area contributed by atoms with Crippen LogP contribution in [-0.4, -0.2) is 19.7 Å². The number of rotatable bonds is 7. The summed E-state index contributed by atoms with van der Waals surface area (Å²) in [5.74, 6) is 5.02. The lowest BCUT2D eigenvalue weighted by molar-refractivity contribution is -0.0536. The van der Waals surface area contributed by atoms with Crippen LogP contribution in [0.4, 0.5) is 0 Å². The SMILES string of the molecule is CCn1c(CC23CC4CC(CC(C4)C2)C3)nnc1SCc1csc(-c2cccc(C)c2)n1. The Balaban J connectivity index is 1.15. The lowest BCUT2D eigenvalue weighted by Gasteiger charge is -2.56. The van der Waals surface area contributed by atoms with Crippen LogP contribution >= 0.6 is 23.1 Å². The van der Waals surface area contributed by atoms with Crippen LogP contribution in [0.15, 0.2) is 34.8 Å². The van der Waals surface area contributed by atoms with Crippen LogP contribution in [0.5, 0.6) is 0 Å². The Morgan fingerprint density at radius 1 is 1.09 bits per heavy atom. The minimum atomic E-state index is 0.508. The fourth-order valence-corrected chi connectivity index (χ4v) is 8.97. The molecule has 4 saturated carbocycles. The van der Waals surface area contributed by atoms with Crippen LogP contribution in [0.1, 0.15) is 62.5 Å². The first-order valence-electron chi connectivity index (χ1n) is 12.2. The zero-order valence-electron chi connectivity index (χ0n) is 19.1. The van der Waals surface area contributed by atoms with E-state index in [1.165, 1.54) is 55.5 Å². The van der Waals surface area contributed by atoms with E-state index in [4.69, 9.17) is 10.1 Å². The molecule has 4 aliphatic rings. The summed E-state index contributed by atoms with van der Waals surface area (Å²) in [6.45, 7) is 5.31. The molecular formula is C26H32N4S2. The Morgan fingerprint density at radius 3 is 2.53 bits per heavy atom. The van der Waals surface area contributed by atoms with Gasteiger partial charge in [-0.3, -0.25) is 0 Å². The molecule has 3 aromatic rings. The smallest absolute Gasteiger partial charge is 0.191 e. The van der Waals surface area contributed by atoms with Gasteiger partial charge >= 0.3 is 0 Å². The summed E-state index contributed by atoms with van der Waals surface area (Å²) < 4.78 is 2.37. The predicted octanol–water partition coefficient (Wildman–Crippen LogP) is 6.78. The molecule has 0 unspecified atom stereocenters. The number of hydrogen-bond donors (Lipinski definition) is 0. The van der Waals surface area contributed by atoms with Gasteiger partial charge in [0, 0.05) is 29.7 Å². The van der Waals surface area contributed by atoms with Crippen molar-refractivity contribution in [3.63, 3.8) is 0 Å². The normalized spacial score (nSPS) is 28.5. The van der Waals surface area contributed by atoms with Crippen molar-refractivity contribution in [1.82, 2.24) is 19.7 Å². The number of benzene rings is 1. The van der Waals surface area contributed by atoms with Crippen LogP contribution in [0, 0.1) is 30.1 Å². The maximum absolute atomic E-state index is 4.89. The Hall–Kier alpha value is -1.66. The minimum Gasteiger partial charge on any atom is -0.306 e. The van der Waals surface area contributed by atoms with Gasteiger partial charge in [0.2, 0.25) is 0 Å². The van der Waals surface area contributed by atoms with E-state index in [9.17, 15) is 0 Å². The number of aromatic nitrogens is 4. The highest BCUT2D eigenvalue weighted by Crippen LogP contribution is 2.61. The number of nitrogens with zero attached hydrogens (tertiary/aromatic N) is 4. The first kappa shape index (κ1) is 20.9. The quantitative estimate of drug-likeness (QED) is 0.361. The molecule has 0 radical (unpaired) electrons. The summed E-state index contributed by atoms with van der Waals surface area (Å²) in [6, 6.07) is 8.59. The summed E-state index contributed by atoms with van der Waals surface area (Å²) >= 11 is 3.51. The van der Waals surface area contributed by atoms with Crippen molar-refractivity contribution < 1.29 is 0 Å². The van der Waals surface area contributed by atoms with E-state index in [0.29, 0.717) is 5.41 Å². The molecule has 0 aliphatic heterocycles. The number of hydrogen-bond acceptors (Lipinski definition) is 5. The molecule has 0 atom stereocenters. The van der Waals surface area contributed by atoms with Crippen LogP contribution in [-0.2, 0) is 18.7 Å². The van der Waals surface area contributed by atoms with E-state index < -0.39 is 0 Å². The predicted molar refractivity (Wildman–Crippen MR) is 132 cm³/mol. The van der Waals surface area contributed by atoms with E-state index in [2.05, 4.69) is 53.2 Å². The molecular weight excluding hydrogens is 432 g/mol. The van der Waals surface area contributed by atoms with E-state index in [1.807, 2.05) is 0 Å².